The van der Waals surface area contributed by atoms with E-state index >= 15 is 4.39 Å². The number of rotatable bonds is 10. The van der Waals surface area contributed by atoms with Gasteiger partial charge in [-0.2, -0.15) is 0 Å². The van der Waals surface area contributed by atoms with Crippen molar-refractivity contribution in [3.8, 4) is 22.9 Å². The maximum absolute atomic E-state index is 15.4. The van der Waals surface area contributed by atoms with Crippen molar-refractivity contribution >= 4 is 17.5 Å². The van der Waals surface area contributed by atoms with Crippen LogP contribution in [0.3, 0.4) is 0 Å². The normalized spacial score (nSPS) is 10.8. The van der Waals surface area contributed by atoms with E-state index in [9.17, 15) is 9.90 Å². The minimum absolute atomic E-state index is 0.0758. The predicted molar refractivity (Wildman–Crippen MR) is 149 cm³/mol. The molecular weight excluding hydrogens is 499 g/mol. The first-order valence-corrected chi connectivity index (χ1v) is 12.4. The lowest BCUT2D eigenvalue weighted by Crippen LogP contribution is -2.23. The van der Waals surface area contributed by atoms with Gasteiger partial charge in [0.25, 0.3) is 0 Å². The van der Waals surface area contributed by atoms with E-state index in [1.807, 2.05) is 61.5 Å². The molecule has 0 spiro atoms. The molecular formula is C30H31FN4O4. The number of carbonyl (C=O) groups is 1. The topological polar surface area (TPSA) is 111 Å². The summed E-state index contributed by atoms with van der Waals surface area (Å²) in [4.78, 5) is 22.9. The van der Waals surface area contributed by atoms with Crippen LogP contribution in [-0.4, -0.2) is 35.3 Å². The standard InChI is InChI=1S/C30H31FN4O4/c1-5-23-26(30(36)37)28(32)27(31)29(34-23)24-14-18(2)15-25(33-24)35(16-19-6-10-21(38-3)11-7-19)17-20-8-12-22(39-4)13-9-20/h6-15H,5,16-17H2,1-4H3,(H2,32,34)(H,36,37). The van der Waals surface area contributed by atoms with Crippen molar-refractivity contribution in [3.05, 3.63) is 94.4 Å². The summed E-state index contributed by atoms with van der Waals surface area (Å²) in [5.74, 6) is -0.0909. The van der Waals surface area contributed by atoms with Gasteiger partial charge in [0.05, 0.1) is 31.3 Å². The molecule has 0 saturated heterocycles. The quantitative estimate of drug-likeness (QED) is 0.270. The van der Waals surface area contributed by atoms with Gasteiger partial charge < -0.3 is 25.2 Å². The Hall–Kier alpha value is -4.66. The van der Waals surface area contributed by atoms with Crippen molar-refractivity contribution in [3.63, 3.8) is 0 Å². The zero-order valence-corrected chi connectivity index (χ0v) is 22.4. The number of aromatic nitrogens is 2. The second kappa shape index (κ2) is 11.8. The first kappa shape index (κ1) is 27.4. The molecule has 0 fully saturated rings. The fraction of sp³-hybridized carbons (Fsp3) is 0.233. The van der Waals surface area contributed by atoms with Crippen LogP contribution in [0.25, 0.3) is 11.4 Å². The number of ether oxygens (including phenoxy) is 2. The maximum Gasteiger partial charge on any atom is 0.339 e. The van der Waals surface area contributed by atoms with Gasteiger partial charge in [-0.3, -0.25) is 0 Å². The van der Waals surface area contributed by atoms with E-state index in [2.05, 4.69) is 9.88 Å². The number of aryl methyl sites for hydroxylation is 2. The number of pyridine rings is 2. The van der Waals surface area contributed by atoms with Crippen LogP contribution in [0.15, 0.2) is 60.7 Å². The van der Waals surface area contributed by atoms with Gasteiger partial charge in [0.15, 0.2) is 5.82 Å². The van der Waals surface area contributed by atoms with E-state index in [-0.39, 0.29) is 29.1 Å². The zero-order valence-electron chi connectivity index (χ0n) is 22.4. The number of anilines is 2. The molecule has 9 heteroatoms. The molecule has 2 aromatic carbocycles. The summed E-state index contributed by atoms with van der Waals surface area (Å²) < 4.78 is 26.0. The summed E-state index contributed by atoms with van der Waals surface area (Å²) in [6, 6.07) is 19.2. The Kier molecular flexibility index (Phi) is 8.29. The Labute approximate surface area is 226 Å². The number of halogens is 1. The third-order valence-electron chi connectivity index (χ3n) is 6.39. The van der Waals surface area contributed by atoms with Crippen LogP contribution >= 0.6 is 0 Å². The first-order chi connectivity index (χ1) is 18.7. The van der Waals surface area contributed by atoms with Gasteiger partial charge in [-0.05, 0) is 66.4 Å². The second-order valence-electron chi connectivity index (χ2n) is 9.11. The van der Waals surface area contributed by atoms with Gasteiger partial charge >= 0.3 is 5.97 Å². The van der Waals surface area contributed by atoms with Crippen molar-refractivity contribution < 1.29 is 23.8 Å². The highest BCUT2D eigenvalue weighted by Crippen LogP contribution is 2.31. The third kappa shape index (κ3) is 6.09. The van der Waals surface area contributed by atoms with Gasteiger partial charge in [0, 0.05) is 13.1 Å². The first-order valence-electron chi connectivity index (χ1n) is 12.4. The van der Waals surface area contributed by atoms with Crippen molar-refractivity contribution in [2.75, 3.05) is 24.9 Å². The van der Waals surface area contributed by atoms with Crippen LogP contribution in [0, 0.1) is 12.7 Å². The molecule has 0 aliphatic carbocycles. The number of carboxylic acid groups (broad SMARTS) is 1. The van der Waals surface area contributed by atoms with Gasteiger partial charge in [0.1, 0.15) is 28.6 Å². The summed E-state index contributed by atoms with van der Waals surface area (Å²) in [7, 11) is 3.24. The molecule has 0 bridgehead atoms. The Morgan fingerprint density at radius 1 is 0.949 bits per heavy atom. The van der Waals surface area contributed by atoms with Gasteiger partial charge in [-0.25, -0.2) is 19.2 Å². The number of aromatic carboxylic acids is 1. The average Bonchev–Trinajstić information content (AvgIpc) is 2.94. The van der Waals surface area contributed by atoms with Crippen molar-refractivity contribution in [2.45, 2.75) is 33.4 Å². The highest BCUT2D eigenvalue weighted by atomic mass is 19.1. The Balaban J connectivity index is 1.79. The molecule has 0 amide bonds. The molecule has 39 heavy (non-hydrogen) atoms. The summed E-state index contributed by atoms with van der Waals surface area (Å²) >= 11 is 0. The predicted octanol–water partition coefficient (Wildman–Crippen LogP) is 5.66. The molecule has 0 unspecified atom stereocenters. The second-order valence-corrected chi connectivity index (χ2v) is 9.11. The Morgan fingerprint density at radius 3 is 1.95 bits per heavy atom. The number of nitrogen functional groups attached to an aromatic ring is 1. The van der Waals surface area contributed by atoms with Crippen LogP contribution in [0.2, 0.25) is 0 Å². The molecule has 3 N–H and O–H groups in total. The third-order valence-corrected chi connectivity index (χ3v) is 6.39. The van der Waals surface area contributed by atoms with Crippen LogP contribution < -0.4 is 20.1 Å². The SMILES string of the molecule is CCc1nc(-c2cc(C)cc(N(Cc3ccc(OC)cc3)Cc3ccc(OC)cc3)n2)c(F)c(N)c1C(=O)O. The zero-order chi connectivity index (χ0) is 28.1. The fourth-order valence-electron chi connectivity index (χ4n) is 4.35. The maximum atomic E-state index is 15.4. The molecule has 2 heterocycles. The lowest BCUT2D eigenvalue weighted by Gasteiger charge is -2.25. The van der Waals surface area contributed by atoms with Crippen LogP contribution in [0.1, 0.15) is 39.7 Å². The molecule has 0 atom stereocenters. The largest absolute Gasteiger partial charge is 0.497 e. The summed E-state index contributed by atoms with van der Waals surface area (Å²) in [5.41, 5.74) is 8.47. The lowest BCUT2D eigenvalue weighted by atomic mass is 10.1. The number of benzene rings is 2. The molecule has 8 nitrogen and oxygen atoms in total. The molecule has 2 aromatic heterocycles. The average molecular weight is 531 g/mol. The highest BCUT2D eigenvalue weighted by Gasteiger charge is 2.24. The minimum Gasteiger partial charge on any atom is -0.497 e. The molecule has 4 aromatic rings. The molecule has 0 saturated carbocycles. The molecule has 0 radical (unpaired) electrons. The van der Waals surface area contributed by atoms with Crippen LogP contribution in [-0.2, 0) is 19.5 Å². The van der Waals surface area contributed by atoms with Crippen molar-refractivity contribution in [2.24, 2.45) is 0 Å². The van der Waals surface area contributed by atoms with Crippen molar-refractivity contribution in [1.29, 1.82) is 0 Å². The number of hydrogen-bond donors (Lipinski definition) is 2. The number of nitrogens with zero attached hydrogens (tertiary/aromatic N) is 3. The smallest absolute Gasteiger partial charge is 0.339 e. The molecule has 4 rings (SSSR count). The van der Waals surface area contributed by atoms with Gasteiger partial charge in [-0.15, -0.1) is 0 Å². The Morgan fingerprint density at radius 2 is 1.49 bits per heavy atom. The number of methoxy groups -OCH3 is 2. The number of hydrogen-bond acceptors (Lipinski definition) is 7. The minimum atomic E-state index is -1.31. The molecule has 0 aliphatic rings. The number of carboxylic acids is 1. The lowest BCUT2D eigenvalue weighted by molar-refractivity contribution is 0.0696. The van der Waals surface area contributed by atoms with Gasteiger partial charge in [-0.1, -0.05) is 31.2 Å². The summed E-state index contributed by atoms with van der Waals surface area (Å²) in [5, 5.41) is 9.55. The monoisotopic (exact) mass is 530 g/mol. The fourth-order valence-corrected chi connectivity index (χ4v) is 4.35. The van der Waals surface area contributed by atoms with Gasteiger partial charge in [0.2, 0.25) is 0 Å². The van der Waals surface area contributed by atoms with E-state index in [0.29, 0.717) is 18.9 Å². The van der Waals surface area contributed by atoms with Crippen LogP contribution in [0.5, 0.6) is 11.5 Å². The summed E-state index contributed by atoms with van der Waals surface area (Å²) in [6.45, 7) is 4.67. The van der Waals surface area contributed by atoms with E-state index in [1.165, 1.54) is 0 Å². The van der Waals surface area contributed by atoms with Crippen LogP contribution in [0.4, 0.5) is 15.9 Å². The van der Waals surface area contributed by atoms with E-state index in [4.69, 9.17) is 20.2 Å². The van der Waals surface area contributed by atoms with Crippen molar-refractivity contribution in [1.82, 2.24) is 9.97 Å². The highest BCUT2D eigenvalue weighted by molar-refractivity contribution is 5.95. The van der Waals surface area contributed by atoms with E-state index in [1.54, 1.807) is 27.2 Å². The Bertz CT molecular complexity index is 1420. The number of nitrogens with two attached hydrogens (primary N) is 1. The summed E-state index contributed by atoms with van der Waals surface area (Å²) in [6.07, 6.45) is 0.277. The van der Waals surface area contributed by atoms with E-state index < -0.39 is 17.5 Å². The molecule has 202 valence electrons. The molecule has 0 aliphatic heterocycles. The van der Waals surface area contributed by atoms with E-state index in [0.717, 1.165) is 28.2 Å².